The highest BCUT2D eigenvalue weighted by Crippen LogP contribution is 1.99. The molecule has 0 spiro atoms. The molecule has 0 saturated heterocycles. The van der Waals surface area contributed by atoms with Crippen LogP contribution in [0.2, 0.25) is 13.1 Å². The van der Waals surface area contributed by atoms with Crippen molar-refractivity contribution in [3.63, 3.8) is 0 Å². The first kappa shape index (κ1) is 7.35. The summed E-state index contributed by atoms with van der Waals surface area (Å²) in [5, 5.41) is 0. The molecule has 0 aromatic heterocycles. The SMILES string of the molecule is CO[Si](C)(C)O[SiH3]. The lowest BCUT2D eigenvalue weighted by atomic mass is 11.8. The van der Waals surface area contributed by atoms with E-state index in [0.717, 1.165) is 10.5 Å². The highest BCUT2D eigenvalue weighted by molar-refractivity contribution is 6.67. The van der Waals surface area contributed by atoms with Crippen molar-refractivity contribution in [1.82, 2.24) is 0 Å². The minimum absolute atomic E-state index is 0.794. The van der Waals surface area contributed by atoms with Crippen LogP contribution in [-0.2, 0) is 8.54 Å². The lowest BCUT2D eigenvalue weighted by Gasteiger charge is -2.16. The summed E-state index contributed by atoms with van der Waals surface area (Å²) in [6.45, 7) is 4.06. The first-order valence-electron chi connectivity index (χ1n) is 2.22. The molecular weight excluding hydrogens is 124 g/mol. The van der Waals surface area contributed by atoms with Crippen LogP contribution in [0.5, 0.6) is 0 Å². The molecule has 2 nitrogen and oxygen atoms in total. The van der Waals surface area contributed by atoms with Crippen molar-refractivity contribution in [3.8, 4) is 0 Å². The van der Waals surface area contributed by atoms with Crippen molar-refractivity contribution in [2.45, 2.75) is 13.1 Å². The van der Waals surface area contributed by atoms with E-state index >= 15 is 0 Å². The van der Waals surface area contributed by atoms with E-state index in [0.29, 0.717) is 0 Å². The standard InChI is InChI=1S/C3H12O2Si2/c1-4-7(2,3)5-6/h1-3,6H3. The van der Waals surface area contributed by atoms with Gasteiger partial charge in [-0.05, 0) is 13.1 Å². The van der Waals surface area contributed by atoms with Crippen molar-refractivity contribution in [2.75, 3.05) is 7.11 Å². The average molecular weight is 136 g/mol. The normalized spacial score (nSPS) is 12.4. The third-order valence-corrected chi connectivity index (χ3v) is 5.90. The molecule has 0 radical (unpaired) electrons. The van der Waals surface area contributed by atoms with Crippen LogP contribution in [-0.4, -0.2) is 26.2 Å². The van der Waals surface area contributed by atoms with Crippen LogP contribution in [0.15, 0.2) is 0 Å². The van der Waals surface area contributed by atoms with E-state index < -0.39 is 8.56 Å². The summed E-state index contributed by atoms with van der Waals surface area (Å²) < 4.78 is 10.2. The molecule has 0 aromatic carbocycles. The van der Waals surface area contributed by atoms with Crippen LogP contribution < -0.4 is 0 Å². The van der Waals surface area contributed by atoms with Gasteiger partial charge in [-0.1, -0.05) is 0 Å². The fraction of sp³-hybridized carbons (Fsp3) is 1.00. The maximum atomic E-state index is 5.14. The summed E-state index contributed by atoms with van der Waals surface area (Å²) in [6, 6.07) is 0. The molecule has 0 rings (SSSR count). The molecule has 0 unspecified atom stereocenters. The van der Waals surface area contributed by atoms with Crippen LogP contribution in [0.4, 0.5) is 0 Å². The monoisotopic (exact) mass is 136 g/mol. The molecule has 0 aliphatic rings. The maximum Gasteiger partial charge on any atom is 0.320 e. The van der Waals surface area contributed by atoms with Crippen LogP contribution in [0.3, 0.4) is 0 Å². The van der Waals surface area contributed by atoms with E-state index in [4.69, 9.17) is 8.54 Å². The lowest BCUT2D eigenvalue weighted by Crippen LogP contribution is -2.31. The molecule has 7 heavy (non-hydrogen) atoms. The molecule has 0 fully saturated rings. The number of hydrogen-bond donors (Lipinski definition) is 0. The van der Waals surface area contributed by atoms with E-state index in [1.807, 2.05) is 13.1 Å². The van der Waals surface area contributed by atoms with Crippen LogP contribution in [0.1, 0.15) is 0 Å². The van der Waals surface area contributed by atoms with E-state index in [9.17, 15) is 0 Å². The third kappa shape index (κ3) is 2.98. The van der Waals surface area contributed by atoms with Gasteiger partial charge in [-0.15, -0.1) is 0 Å². The summed E-state index contributed by atoms with van der Waals surface area (Å²) in [5.74, 6) is 0. The molecule has 0 heterocycles. The zero-order valence-corrected chi connectivity index (χ0v) is 8.32. The smallest absolute Gasteiger partial charge is 0.320 e. The molecule has 4 heteroatoms. The van der Waals surface area contributed by atoms with Gasteiger partial charge in [0.2, 0.25) is 0 Å². The molecule has 0 aliphatic carbocycles. The van der Waals surface area contributed by atoms with E-state index in [1.165, 1.54) is 0 Å². The third-order valence-electron chi connectivity index (χ3n) is 0.983. The second-order valence-electron chi connectivity index (χ2n) is 1.81. The van der Waals surface area contributed by atoms with E-state index in [2.05, 4.69) is 0 Å². The van der Waals surface area contributed by atoms with Crippen LogP contribution in [0.25, 0.3) is 0 Å². The summed E-state index contributed by atoms with van der Waals surface area (Å²) in [4.78, 5) is 0. The first-order valence-corrected chi connectivity index (χ1v) is 5.86. The van der Waals surface area contributed by atoms with E-state index in [-0.39, 0.29) is 0 Å². The average Bonchev–Trinajstić information content (AvgIpc) is 1.68. The Kier molecular flexibility index (Phi) is 2.74. The highest BCUT2D eigenvalue weighted by atomic mass is 28.4. The molecule has 0 bridgehead atoms. The van der Waals surface area contributed by atoms with E-state index in [1.54, 1.807) is 7.11 Å². The molecule has 0 aromatic rings. The zero-order valence-electron chi connectivity index (χ0n) is 5.32. The summed E-state index contributed by atoms with van der Waals surface area (Å²) in [5.41, 5.74) is 0. The second kappa shape index (κ2) is 2.61. The molecule has 44 valence electrons. The summed E-state index contributed by atoms with van der Waals surface area (Å²) >= 11 is 0. The summed E-state index contributed by atoms with van der Waals surface area (Å²) in [7, 11) is 0.903. The van der Waals surface area contributed by atoms with Crippen molar-refractivity contribution in [1.29, 1.82) is 0 Å². The predicted octanol–water partition coefficient (Wildman–Crippen LogP) is -0.368. The summed E-state index contributed by atoms with van der Waals surface area (Å²) in [6.07, 6.45) is 0. The highest BCUT2D eigenvalue weighted by Gasteiger charge is 2.18. The van der Waals surface area contributed by atoms with Gasteiger partial charge in [0.1, 0.15) is 10.5 Å². The Morgan fingerprint density at radius 2 is 1.86 bits per heavy atom. The first-order chi connectivity index (χ1) is 3.12. The van der Waals surface area contributed by atoms with Crippen molar-refractivity contribution >= 4 is 19.0 Å². The molecule has 0 N–H and O–H groups in total. The minimum atomic E-state index is -1.59. The molecule has 0 saturated carbocycles. The maximum absolute atomic E-state index is 5.14. The number of rotatable bonds is 2. The van der Waals surface area contributed by atoms with Gasteiger partial charge in [-0.25, -0.2) is 0 Å². The van der Waals surface area contributed by atoms with Crippen LogP contribution in [0, 0.1) is 0 Å². The minimum Gasteiger partial charge on any atom is -0.445 e. The molecule has 0 aliphatic heterocycles. The number of hydrogen-bond acceptors (Lipinski definition) is 2. The topological polar surface area (TPSA) is 18.5 Å². The Balaban J connectivity index is 3.36. The quantitative estimate of drug-likeness (QED) is 0.482. The fourth-order valence-corrected chi connectivity index (χ4v) is 0.750. The Morgan fingerprint density at radius 1 is 1.43 bits per heavy atom. The van der Waals surface area contributed by atoms with Gasteiger partial charge in [0, 0.05) is 7.11 Å². The van der Waals surface area contributed by atoms with Gasteiger partial charge < -0.3 is 8.54 Å². The van der Waals surface area contributed by atoms with Gasteiger partial charge >= 0.3 is 8.56 Å². The van der Waals surface area contributed by atoms with Gasteiger partial charge in [0.15, 0.2) is 0 Å². The van der Waals surface area contributed by atoms with Gasteiger partial charge in [0.25, 0.3) is 0 Å². The van der Waals surface area contributed by atoms with Crippen molar-refractivity contribution in [2.24, 2.45) is 0 Å². The largest absolute Gasteiger partial charge is 0.445 e. The van der Waals surface area contributed by atoms with Gasteiger partial charge in [-0.3, -0.25) is 0 Å². The van der Waals surface area contributed by atoms with Gasteiger partial charge in [-0.2, -0.15) is 0 Å². The Bertz CT molecular complexity index is 48.9. The predicted molar refractivity (Wildman–Crippen MR) is 35.5 cm³/mol. The Hall–Kier alpha value is 0.354. The van der Waals surface area contributed by atoms with Gasteiger partial charge in [0.05, 0.1) is 0 Å². The zero-order chi connectivity index (χ0) is 5.91. The lowest BCUT2D eigenvalue weighted by molar-refractivity contribution is 0.324. The molecular formula is C3H12O2Si2. The van der Waals surface area contributed by atoms with Crippen molar-refractivity contribution in [3.05, 3.63) is 0 Å². The van der Waals surface area contributed by atoms with Crippen molar-refractivity contribution < 1.29 is 8.54 Å². The fourth-order valence-electron chi connectivity index (χ4n) is 0.0833. The van der Waals surface area contributed by atoms with Crippen LogP contribution >= 0.6 is 0 Å². The second-order valence-corrected chi connectivity index (χ2v) is 6.65. The Labute approximate surface area is 48.6 Å². The molecule has 0 amide bonds. The molecule has 0 atom stereocenters. The Morgan fingerprint density at radius 3 is 1.86 bits per heavy atom.